The summed E-state index contributed by atoms with van der Waals surface area (Å²) in [5, 5.41) is 11.7. The molecule has 0 spiro atoms. The van der Waals surface area contributed by atoms with Crippen molar-refractivity contribution in [2.24, 2.45) is 16.8 Å². The molecule has 0 aromatic heterocycles. The number of nitrogens with one attached hydrogen (secondary N) is 2. The van der Waals surface area contributed by atoms with Crippen molar-refractivity contribution in [2.75, 3.05) is 18.4 Å². The van der Waals surface area contributed by atoms with Gasteiger partial charge >= 0.3 is 0 Å². The average Bonchev–Trinajstić information content (AvgIpc) is 2.44. The second-order valence-corrected chi connectivity index (χ2v) is 6.22. The number of hydrogen-bond acceptors (Lipinski definition) is 5. The summed E-state index contributed by atoms with van der Waals surface area (Å²) in [5.41, 5.74) is 5.87. The molecular formula is C12H20N4O4S. The van der Waals surface area contributed by atoms with Crippen molar-refractivity contribution in [3.63, 3.8) is 0 Å². The van der Waals surface area contributed by atoms with Gasteiger partial charge in [0.25, 0.3) is 10.2 Å². The first-order chi connectivity index (χ1) is 9.80. The van der Waals surface area contributed by atoms with E-state index in [1.54, 1.807) is 12.1 Å². The van der Waals surface area contributed by atoms with E-state index in [1.165, 1.54) is 13.2 Å². The molecule has 0 saturated heterocycles. The van der Waals surface area contributed by atoms with E-state index >= 15 is 0 Å². The lowest BCUT2D eigenvalue weighted by Crippen LogP contribution is -2.33. The van der Waals surface area contributed by atoms with E-state index in [-0.39, 0.29) is 35.3 Å². The fourth-order valence-corrected chi connectivity index (χ4v) is 2.62. The van der Waals surface area contributed by atoms with Gasteiger partial charge in [0.1, 0.15) is 11.4 Å². The maximum absolute atomic E-state index is 12.0. The zero-order valence-electron chi connectivity index (χ0n) is 12.1. The van der Waals surface area contributed by atoms with Crippen LogP contribution in [-0.4, -0.2) is 33.1 Å². The second kappa shape index (κ2) is 7.14. The SMILES string of the molecule is COc1cccc(/C(N)=N/O)c1NS(=O)(=O)NCC(C)C. The highest BCUT2D eigenvalue weighted by atomic mass is 32.2. The third-order valence-electron chi connectivity index (χ3n) is 2.55. The van der Waals surface area contributed by atoms with Crippen molar-refractivity contribution < 1.29 is 18.4 Å². The Labute approximate surface area is 124 Å². The van der Waals surface area contributed by atoms with Gasteiger partial charge in [0.15, 0.2) is 5.84 Å². The Kier molecular flexibility index (Phi) is 5.79. The Balaban J connectivity index is 3.17. The Morgan fingerprint density at radius 1 is 1.48 bits per heavy atom. The van der Waals surface area contributed by atoms with Gasteiger partial charge in [-0.3, -0.25) is 4.72 Å². The molecule has 0 atom stereocenters. The predicted octanol–water partition coefficient (Wildman–Crippen LogP) is 0.692. The smallest absolute Gasteiger partial charge is 0.299 e. The lowest BCUT2D eigenvalue weighted by molar-refractivity contribution is 0.318. The molecule has 0 aliphatic rings. The van der Waals surface area contributed by atoms with Crippen LogP contribution >= 0.6 is 0 Å². The van der Waals surface area contributed by atoms with Crippen molar-refractivity contribution in [3.05, 3.63) is 23.8 Å². The topological polar surface area (TPSA) is 126 Å². The predicted molar refractivity (Wildman–Crippen MR) is 80.9 cm³/mol. The molecule has 1 rings (SSSR count). The molecular weight excluding hydrogens is 296 g/mol. The fourth-order valence-electron chi connectivity index (χ4n) is 1.52. The number of rotatable bonds is 7. The highest BCUT2D eigenvalue weighted by molar-refractivity contribution is 7.90. The monoisotopic (exact) mass is 316 g/mol. The van der Waals surface area contributed by atoms with Crippen LogP contribution in [0.4, 0.5) is 5.69 Å². The summed E-state index contributed by atoms with van der Waals surface area (Å²) in [7, 11) is -2.41. The van der Waals surface area contributed by atoms with Gasteiger partial charge in [0.2, 0.25) is 0 Å². The van der Waals surface area contributed by atoms with Crippen molar-refractivity contribution >= 4 is 21.7 Å². The molecule has 5 N–H and O–H groups in total. The van der Waals surface area contributed by atoms with Gasteiger partial charge in [0.05, 0.1) is 7.11 Å². The van der Waals surface area contributed by atoms with Gasteiger partial charge in [-0.25, -0.2) is 0 Å². The van der Waals surface area contributed by atoms with Gasteiger partial charge in [-0.15, -0.1) is 0 Å². The number of oxime groups is 1. The number of anilines is 1. The lowest BCUT2D eigenvalue weighted by atomic mass is 10.1. The van der Waals surface area contributed by atoms with Gasteiger partial charge in [0, 0.05) is 12.1 Å². The maximum Gasteiger partial charge on any atom is 0.299 e. The Morgan fingerprint density at radius 2 is 2.14 bits per heavy atom. The largest absolute Gasteiger partial charge is 0.495 e. The highest BCUT2D eigenvalue weighted by Gasteiger charge is 2.18. The van der Waals surface area contributed by atoms with Crippen LogP contribution in [0.3, 0.4) is 0 Å². The van der Waals surface area contributed by atoms with E-state index in [0.29, 0.717) is 0 Å². The molecule has 1 aromatic carbocycles. The normalized spacial score (nSPS) is 12.5. The number of benzene rings is 1. The molecule has 118 valence electrons. The van der Waals surface area contributed by atoms with Crippen molar-refractivity contribution in [1.29, 1.82) is 0 Å². The number of hydrogen-bond donors (Lipinski definition) is 4. The zero-order valence-corrected chi connectivity index (χ0v) is 12.9. The number of ether oxygens (including phenoxy) is 1. The standard InChI is InChI=1S/C12H20N4O4S/c1-8(2)7-14-21(18,19)16-11-9(12(13)15-17)5-4-6-10(11)20-3/h4-6,8,14,16-17H,7H2,1-3H3,(H2,13,15). The molecule has 0 unspecified atom stereocenters. The number of para-hydroxylation sites is 1. The first-order valence-corrected chi connectivity index (χ1v) is 7.71. The van der Waals surface area contributed by atoms with Crippen LogP contribution in [0.25, 0.3) is 0 Å². The van der Waals surface area contributed by atoms with E-state index in [4.69, 9.17) is 15.7 Å². The third kappa shape index (κ3) is 4.80. The summed E-state index contributed by atoms with van der Waals surface area (Å²) in [6.45, 7) is 4.05. The van der Waals surface area contributed by atoms with Crippen LogP contribution in [-0.2, 0) is 10.2 Å². The zero-order chi connectivity index (χ0) is 16.0. The van der Waals surface area contributed by atoms with Gasteiger partial charge in [-0.1, -0.05) is 25.1 Å². The van der Waals surface area contributed by atoms with Crippen molar-refractivity contribution in [3.8, 4) is 5.75 Å². The molecule has 0 saturated carbocycles. The van der Waals surface area contributed by atoms with Gasteiger partial charge in [-0.2, -0.15) is 13.1 Å². The minimum Gasteiger partial charge on any atom is -0.495 e. The molecule has 21 heavy (non-hydrogen) atoms. The van der Waals surface area contributed by atoms with Crippen LogP contribution in [0.5, 0.6) is 5.75 Å². The van der Waals surface area contributed by atoms with Crippen LogP contribution in [0.2, 0.25) is 0 Å². The van der Waals surface area contributed by atoms with E-state index in [0.717, 1.165) is 0 Å². The fraction of sp³-hybridized carbons (Fsp3) is 0.417. The molecule has 0 amide bonds. The number of nitrogens with zero attached hydrogens (tertiary/aromatic N) is 1. The van der Waals surface area contributed by atoms with Crippen LogP contribution in [0.1, 0.15) is 19.4 Å². The van der Waals surface area contributed by atoms with Crippen LogP contribution < -0.4 is 19.9 Å². The second-order valence-electron chi connectivity index (χ2n) is 4.72. The molecule has 0 bridgehead atoms. The molecule has 9 heteroatoms. The van der Waals surface area contributed by atoms with Gasteiger partial charge < -0.3 is 15.7 Å². The minimum absolute atomic E-state index is 0.103. The van der Waals surface area contributed by atoms with E-state index in [9.17, 15) is 8.42 Å². The summed E-state index contributed by atoms with van der Waals surface area (Å²) in [6.07, 6.45) is 0. The van der Waals surface area contributed by atoms with Gasteiger partial charge in [-0.05, 0) is 18.1 Å². The van der Waals surface area contributed by atoms with Crippen molar-refractivity contribution in [2.45, 2.75) is 13.8 Å². The van der Waals surface area contributed by atoms with Crippen LogP contribution in [0, 0.1) is 5.92 Å². The molecule has 0 aliphatic heterocycles. The molecule has 8 nitrogen and oxygen atoms in total. The lowest BCUT2D eigenvalue weighted by Gasteiger charge is -2.16. The van der Waals surface area contributed by atoms with Crippen molar-refractivity contribution in [1.82, 2.24) is 4.72 Å². The first kappa shape index (κ1) is 17.1. The Morgan fingerprint density at radius 3 is 2.67 bits per heavy atom. The van der Waals surface area contributed by atoms with E-state index < -0.39 is 10.2 Å². The Hall–Kier alpha value is -2.00. The molecule has 0 heterocycles. The summed E-state index contributed by atoms with van der Waals surface area (Å²) in [6, 6.07) is 4.68. The first-order valence-electron chi connectivity index (χ1n) is 6.23. The molecule has 0 aliphatic carbocycles. The quantitative estimate of drug-likeness (QED) is 0.255. The molecule has 0 radical (unpaired) electrons. The van der Waals surface area contributed by atoms with E-state index in [2.05, 4.69) is 14.6 Å². The summed E-state index contributed by atoms with van der Waals surface area (Å²) < 4.78 is 33.9. The third-order valence-corrected chi connectivity index (χ3v) is 3.57. The molecule has 1 aromatic rings. The Bertz CT molecular complexity index is 614. The average molecular weight is 316 g/mol. The summed E-state index contributed by atoms with van der Waals surface area (Å²) in [4.78, 5) is 0. The summed E-state index contributed by atoms with van der Waals surface area (Å²) >= 11 is 0. The number of nitrogens with two attached hydrogens (primary N) is 1. The number of amidine groups is 1. The molecule has 0 fully saturated rings. The highest BCUT2D eigenvalue weighted by Crippen LogP contribution is 2.29. The maximum atomic E-state index is 12.0. The van der Waals surface area contributed by atoms with E-state index in [1.807, 2.05) is 13.8 Å². The minimum atomic E-state index is -3.80. The number of methoxy groups -OCH3 is 1. The summed E-state index contributed by atoms with van der Waals surface area (Å²) in [5.74, 6) is 0.187. The van der Waals surface area contributed by atoms with Crippen LogP contribution in [0.15, 0.2) is 23.4 Å².